The highest BCUT2D eigenvalue weighted by Crippen LogP contribution is 2.20. The van der Waals surface area contributed by atoms with E-state index in [9.17, 15) is 0 Å². The molecule has 0 aliphatic carbocycles. The van der Waals surface area contributed by atoms with Crippen LogP contribution in [0.15, 0.2) is 18.3 Å². The molecule has 1 aliphatic rings. The number of nitrogens with zero attached hydrogens (tertiary/aromatic N) is 2. The minimum absolute atomic E-state index is 0.0509. The van der Waals surface area contributed by atoms with E-state index in [1.54, 1.807) is 0 Å². The fourth-order valence-corrected chi connectivity index (χ4v) is 1.92. The summed E-state index contributed by atoms with van der Waals surface area (Å²) in [7, 11) is 2.06. The van der Waals surface area contributed by atoms with E-state index in [4.69, 9.17) is 10.5 Å². The van der Waals surface area contributed by atoms with E-state index in [-0.39, 0.29) is 6.04 Å². The Morgan fingerprint density at radius 3 is 3.06 bits per heavy atom. The zero-order valence-corrected chi connectivity index (χ0v) is 9.89. The molecule has 88 valence electrons. The molecular weight excluding hydrogens is 202 g/mol. The molecule has 0 spiro atoms. The van der Waals surface area contributed by atoms with Crippen molar-refractivity contribution >= 4 is 5.82 Å². The predicted octanol–water partition coefficient (Wildman–Crippen LogP) is 1.33. The maximum atomic E-state index is 5.87. The monoisotopic (exact) mass is 221 g/mol. The van der Waals surface area contributed by atoms with Gasteiger partial charge >= 0.3 is 0 Å². The molecule has 0 aromatic carbocycles. The molecule has 2 atom stereocenters. The smallest absolute Gasteiger partial charge is 0.128 e. The highest BCUT2D eigenvalue weighted by atomic mass is 16.5. The molecule has 0 amide bonds. The van der Waals surface area contributed by atoms with Gasteiger partial charge in [0.1, 0.15) is 5.82 Å². The number of pyridine rings is 1. The Bertz CT molecular complexity index is 348. The van der Waals surface area contributed by atoms with Crippen LogP contribution in [0, 0.1) is 0 Å². The summed E-state index contributed by atoms with van der Waals surface area (Å²) in [6, 6.07) is 4.52. The van der Waals surface area contributed by atoms with Crippen molar-refractivity contribution in [3.8, 4) is 0 Å². The average molecular weight is 221 g/mol. The molecule has 0 radical (unpaired) electrons. The highest BCUT2D eigenvalue weighted by Gasteiger charge is 2.21. The topological polar surface area (TPSA) is 51.4 Å². The normalized spacial score (nSPS) is 22.1. The van der Waals surface area contributed by atoms with Gasteiger partial charge in [-0.1, -0.05) is 0 Å². The van der Waals surface area contributed by atoms with Gasteiger partial charge in [0.25, 0.3) is 0 Å². The third-order valence-electron chi connectivity index (χ3n) is 3.11. The molecule has 1 aromatic rings. The van der Waals surface area contributed by atoms with E-state index in [1.165, 1.54) is 0 Å². The van der Waals surface area contributed by atoms with Crippen LogP contribution in [0.1, 0.15) is 24.9 Å². The van der Waals surface area contributed by atoms with E-state index in [2.05, 4.69) is 23.0 Å². The first-order valence-electron chi connectivity index (χ1n) is 5.70. The molecule has 4 heteroatoms. The predicted molar refractivity (Wildman–Crippen MR) is 64.5 cm³/mol. The number of rotatable bonds is 3. The summed E-state index contributed by atoms with van der Waals surface area (Å²) in [5.41, 5.74) is 6.99. The summed E-state index contributed by atoms with van der Waals surface area (Å²) in [4.78, 5) is 6.56. The first-order valence-corrected chi connectivity index (χ1v) is 5.70. The van der Waals surface area contributed by atoms with Gasteiger partial charge in [-0.15, -0.1) is 0 Å². The fourth-order valence-electron chi connectivity index (χ4n) is 1.92. The lowest BCUT2D eigenvalue weighted by Gasteiger charge is -2.24. The standard InChI is InChI=1S/C12H19N3O/c1-9(13)10-3-5-14-12(7-10)15(2)11-4-6-16-8-11/h3,5,7,9,11H,4,6,8,13H2,1-2H3/t9-,11?/m1/s1. The molecule has 1 saturated heterocycles. The van der Waals surface area contributed by atoms with Crippen molar-refractivity contribution in [3.63, 3.8) is 0 Å². The van der Waals surface area contributed by atoms with Crippen molar-refractivity contribution in [2.75, 3.05) is 25.2 Å². The maximum Gasteiger partial charge on any atom is 0.128 e. The van der Waals surface area contributed by atoms with E-state index in [1.807, 2.05) is 19.2 Å². The summed E-state index contributed by atoms with van der Waals surface area (Å²) in [6.07, 6.45) is 2.89. The van der Waals surface area contributed by atoms with Gasteiger partial charge in [0.15, 0.2) is 0 Å². The summed E-state index contributed by atoms with van der Waals surface area (Å²) >= 11 is 0. The van der Waals surface area contributed by atoms with E-state index in [0.717, 1.165) is 31.0 Å². The van der Waals surface area contributed by atoms with E-state index in [0.29, 0.717) is 6.04 Å². The van der Waals surface area contributed by atoms with Crippen LogP contribution < -0.4 is 10.6 Å². The minimum Gasteiger partial charge on any atom is -0.379 e. The first-order chi connectivity index (χ1) is 7.68. The van der Waals surface area contributed by atoms with Crippen molar-refractivity contribution in [1.29, 1.82) is 0 Å². The number of likely N-dealkylation sites (N-methyl/N-ethyl adjacent to an activating group) is 1. The summed E-state index contributed by atoms with van der Waals surface area (Å²) in [5, 5.41) is 0. The van der Waals surface area contributed by atoms with Crippen molar-refractivity contribution in [2.45, 2.75) is 25.4 Å². The van der Waals surface area contributed by atoms with Crippen molar-refractivity contribution < 1.29 is 4.74 Å². The molecule has 1 aliphatic heterocycles. The quantitative estimate of drug-likeness (QED) is 0.836. The Kier molecular flexibility index (Phi) is 3.41. The second kappa shape index (κ2) is 4.80. The molecule has 1 fully saturated rings. The molecule has 2 heterocycles. The zero-order chi connectivity index (χ0) is 11.5. The second-order valence-corrected chi connectivity index (χ2v) is 4.36. The second-order valence-electron chi connectivity index (χ2n) is 4.36. The van der Waals surface area contributed by atoms with Gasteiger partial charge in [0, 0.05) is 25.9 Å². The van der Waals surface area contributed by atoms with Crippen molar-refractivity contribution in [3.05, 3.63) is 23.9 Å². The maximum absolute atomic E-state index is 5.87. The van der Waals surface area contributed by atoms with Crippen LogP contribution in [-0.4, -0.2) is 31.3 Å². The third kappa shape index (κ3) is 2.33. The van der Waals surface area contributed by atoms with Crippen LogP contribution in [0.25, 0.3) is 0 Å². The Hall–Kier alpha value is -1.13. The number of ether oxygens (including phenoxy) is 1. The number of anilines is 1. The van der Waals surface area contributed by atoms with Crippen LogP contribution in [0.3, 0.4) is 0 Å². The number of nitrogens with two attached hydrogens (primary N) is 1. The van der Waals surface area contributed by atoms with Crippen LogP contribution in [0.2, 0.25) is 0 Å². The molecule has 0 saturated carbocycles. The number of hydrogen-bond acceptors (Lipinski definition) is 4. The highest BCUT2D eigenvalue weighted by molar-refractivity contribution is 5.42. The van der Waals surface area contributed by atoms with Crippen molar-refractivity contribution in [2.24, 2.45) is 5.73 Å². The van der Waals surface area contributed by atoms with Gasteiger partial charge in [-0.3, -0.25) is 0 Å². The molecule has 0 bridgehead atoms. The molecule has 2 N–H and O–H groups in total. The zero-order valence-electron chi connectivity index (χ0n) is 9.89. The number of hydrogen-bond donors (Lipinski definition) is 1. The fraction of sp³-hybridized carbons (Fsp3) is 0.583. The Morgan fingerprint density at radius 2 is 2.44 bits per heavy atom. The van der Waals surface area contributed by atoms with Gasteiger partial charge in [-0.2, -0.15) is 0 Å². The van der Waals surface area contributed by atoms with Gasteiger partial charge in [-0.25, -0.2) is 4.98 Å². The lowest BCUT2D eigenvalue weighted by molar-refractivity contribution is 0.193. The number of aromatic nitrogens is 1. The molecule has 2 rings (SSSR count). The Labute approximate surface area is 96.4 Å². The first kappa shape index (κ1) is 11.4. The summed E-state index contributed by atoms with van der Waals surface area (Å²) in [5.74, 6) is 0.977. The van der Waals surface area contributed by atoms with E-state index < -0.39 is 0 Å². The third-order valence-corrected chi connectivity index (χ3v) is 3.11. The molecule has 1 aromatic heterocycles. The summed E-state index contributed by atoms with van der Waals surface area (Å²) < 4.78 is 5.38. The van der Waals surface area contributed by atoms with Gasteiger partial charge < -0.3 is 15.4 Å². The van der Waals surface area contributed by atoms with Crippen LogP contribution in [0.4, 0.5) is 5.82 Å². The lowest BCUT2D eigenvalue weighted by atomic mass is 10.1. The van der Waals surface area contributed by atoms with Crippen LogP contribution in [-0.2, 0) is 4.74 Å². The average Bonchev–Trinajstić information content (AvgIpc) is 2.81. The molecule has 4 nitrogen and oxygen atoms in total. The Morgan fingerprint density at radius 1 is 1.62 bits per heavy atom. The molecule has 16 heavy (non-hydrogen) atoms. The van der Waals surface area contributed by atoms with Gasteiger partial charge in [0.2, 0.25) is 0 Å². The molecule has 1 unspecified atom stereocenters. The van der Waals surface area contributed by atoms with Gasteiger partial charge in [-0.05, 0) is 31.0 Å². The summed E-state index contributed by atoms with van der Waals surface area (Å²) in [6.45, 7) is 3.63. The SMILES string of the molecule is C[C@@H](N)c1ccnc(N(C)C2CCOC2)c1. The van der Waals surface area contributed by atoms with Crippen LogP contribution in [0.5, 0.6) is 0 Å². The Balaban J connectivity index is 2.15. The van der Waals surface area contributed by atoms with Gasteiger partial charge in [0.05, 0.1) is 12.6 Å². The van der Waals surface area contributed by atoms with Crippen LogP contribution >= 0.6 is 0 Å². The minimum atomic E-state index is 0.0509. The molecular formula is C12H19N3O. The largest absolute Gasteiger partial charge is 0.379 e. The van der Waals surface area contributed by atoms with Crippen molar-refractivity contribution in [1.82, 2.24) is 4.98 Å². The van der Waals surface area contributed by atoms with E-state index >= 15 is 0 Å². The lowest BCUT2D eigenvalue weighted by Crippen LogP contribution is -2.32.